The number of aromatic nitrogens is 3. The molecule has 1 aromatic carbocycles. The van der Waals surface area contributed by atoms with Gasteiger partial charge in [-0.2, -0.15) is 13.2 Å². The Balaban J connectivity index is 1.79. The molecule has 1 aromatic heterocycles. The van der Waals surface area contributed by atoms with Gasteiger partial charge in [-0.1, -0.05) is 20.8 Å². The minimum Gasteiger partial charge on any atom is -0.362 e. The van der Waals surface area contributed by atoms with E-state index < -0.39 is 12.0 Å². The number of hydrogen-bond donors (Lipinski definition) is 1. The number of nitrogens with one attached hydrogen (secondary N) is 1. The zero-order valence-electron chi connectivity index (χ0n) is 17.3. The molecule has 1 aliphatic rings. The smallest absolute Gasteiger partial charge is 0.362 e. The van der Waals surface area contributed by atoms with E-state index in [2.05, 4.69) is 15.5 Å². The number of nitrogens with zero attached hydrogens (tertiary/aromatic N) is 4. The first kappa shape index (κ1) is 21.1. The third kappa shape index (κ3) is 4.71. The third-order valence-corrected chi connectivity index (χ3v) is 4.84. The van der Waals surface area contributed by atoms with Gasteiger partial charge in [0.25, 0.3) is 0 Å². The Morgan fingerprint density at radius 3 is 2.28 bits per heavy atom. The average Bonchev–Trinajstić information content (AvgIpc) is 2.99. The number of carbonyl (C=O) groups excluding carboxylic acids is 1. The summed E-state index contributed by atoms with van der Waals surface area (Å²) < 4.78 is 40.2. The molecule has 6 nitrogen and oxygen atoms in total. The zero-order valence-corrected chi connectivity index (χ0v) is 17.3. The van der Waals surface area contributed by atoms with Crippen LogP contribution in [0.2, 0.25) is 0 Å². The number of hydrogen-bond acceptors (Lipinski definition) is 4. The molecule has 0 fully saturated rings. The van der Waals surface area contributed by atoms with Gasteiger partial charge in [-0.25, -0.2) is 0 Å². The van der Waals surface area contributed by atoms with Crippen LogP contribution in [0.3, 0.4) is 0 Å². The molecule has 0 saturated heterocycles. The lowest BCUT2D eigenvalue weighted by molar-refractivity contribution is -0.147. The van der Waals surface area contributed by atoms with E-state index in [1.54, 1.807) is 0 Å². The van der Waals surface area contributed by atoms with E-state index in [-0.39, 0.29) is 24.4 Å². The highest BCUT2D eigenvalue weighted by Gasteiger charge is 2.39. The van der Waals surface area contributed by atoms with Crippen molar-refractivity contribution in [2.45, 2.75) is 60.3 Å². The molecule has 158 valence electrons. The zero-order chi connectivity index (χ0) is 21.6. The van der Waals surface area contributed by atoms with Gasteiger partial charge in [-0.3, -0.25) is 4.79 Å². The molecular formula is C20H26F3N5O. The molecule has 0 aliphatic carbocycles. The van der Waals surface area contributed by atoms with E-state index in [0.29, 0.717) is 18.8 Å². The highest BCUT2D eigenvalue weighted by molar-refractivity contribution is 5.93. The SMILES string of the molecule is Cc1cc(N2CCn3c(nnc3C(F)(F)F)C2)cc(C)c1NC(=O)CC(C)(C)C. The highest BCUT2D eigenvalue weighted by Crippen LogP contribution is 2.32. The Morgan fingerprint density at radius 1 is 1.10 bits per heavy atom. The molecule has 29 heavy (non-hydrogen) atoms. The molecule has 0 spiro atoms. The van der Waals surface area contributed by atoms with Crippen LogP contribution >= 0.6 is 0 Å². The van der Waals surface area contributed by atoms with E-state index in [0.717, 1.165) is 27.1 Å². The molecule has 2 aromatic rings. The van der Waals surface area contributed by atoms with Crippen molar-refractivity contribution in [3.05, 3.63) is 34.9 Å². The van der Waals surface area contributed by atoms with Crippen molar-refractivity contribution < 1.29 is 18.0 Å². The largest absolute Gasteiger partial charge is 0.451 e. The number of rotatable bonds is 3. The van der Waals surface area contributed by atoms with E-state index in [9.17, 15) is 18.0 Å². The minimum absolute atomic E-state index is 0.0396. The third-order valence-electron chi connectivity index (χ3n) is 4.84. The summed E-state index contributed by atoms with van der Waals surface area (Å²) >= 11 is 0. The minimum atomic E-state index is -4.51. The number of alkyl halides is 3. The maximum absolute atomic E-state index is 13.0. The lowest BCUT2D eigenvalue weighted by Gasteiger charge is -2.31. The first-order valence-corrected chi connectivity index (χ1v) is 9.50. The molecule has 1 amide bonds. The summed E-state index contributed by atoms with van der Waals surface area (Å²) in [4.78, 5) is 14.3. The molecule has 0 atom stereocenters. The van der Waals surface area contributed by atoms with Crippen LogP contribution < -0.4 is 10.2 Å². The number of benzene rings is 1. The molecule has 3 rings (SSSR count). The van der Waals surface area contributed by atoms with Gasteiger partial charge >= 0.3 is 6.18 Å². The van der Waals surface area contributed by atoms with Crippen molar-refractivity contribution in [2.24, 2.45) is 5.41 Å². The second kappa shape index (κ2) is 7.35. The maximum Gasteiger partial charge on any atom is 0.451 e. The summed E-state index contributed by atoms with van der Waals surface area (Å²) in [7, 11) is 0. The predicted molar refractivity (Wildman–Crippen MR) is 105 cm³/mol. The second-order valence-electron chi connectivity index (χ2n) is 8.75. The number of aryl methyl sites for hydroxylation is 2. The van der Waals surface area contributed by atoms with E-state index in [1.807, 2.05) is 51.7 Å². The highest BCUT2D eigenvalue weighted by atomic mass is 19.4. The Labute approximate surface area is 168 Å². The van der Waals surface area contributed by atoms with Crippen molar-refractivity contribution >= 4 is 17.3 Å². The molecule has 0 unspecified atom stereocenters. The molecule has 0 radical (unpaired) electrons. The topological polar surface area (TPSA) is 63.1 Å². The van der Waals surface area contributed by atoms with Gasteiger partial charge in [0.1, 0.15) is 0 Å². The van der Waals surface area contributed by atoms with Gasteiger partial charge in [0.15, 0.2) is 5.82 Å². The molecular weight excluding hydrogens is 383 g/mol. The number of anilines is 2. The number of amides is 1. The van der Waals surface area contributed by atoms with Crippen molar-refractivity contribution in [1.82, 2.24) is 14.8 Å². The monoisotopic (exact) mass is 409 g/mol. The number of carbonyl (C=O) groups is 1. The first-order chi connectivity index (χ1) is 13.3. The summed E-state index contributed by atoms with van der Waals surface area (Å²) in [5.74, 6) is -0.694. The van der Waals surface area contributed by atoms with Crippen LogP contribution in [-0.2, 0) is 24.1 Å². The van der Waals surface area contributed by atoms with Crippen molar-refractivity contribution in [3.63, 3.8) is 0 Å². The van der Waals surface area contributed by atoms with Crippen LogP contribution in [0.25, 0.3) is 0 Å². The molecule has 0 saturated carbocycles. The van der Waals surface area contributed by atoms with Gasteiger partial charge < -0.3 is 14.8 Å². The standard InChI is InChI=1S/C20H26F3N5O/c1-12-8-14(9-13(2)17(12)24-16(29)10-19(3,4)5)27-6-7-28-15(11-27)25-26-18(28)20(21,22)23/h8-9H,6-7,10-11H2,1-5H3,(H,24,29). The van der Waals surface area contributed by atoms with Crippen molar-refractivity contribution in [1.29, 1.82) is 0 Å². The molecule has 1 aliphatic heterocycles. The lowest BCUT2D eigenvalue weighted by Crippen LogP contribution is -2.35. The molecule has 2 heterocycles. The summed E-state index contributed by atoms with van der Waals surface area (Å²) in [6.45, 7) is 10.7. The predicted octanol–water partition coefficient (Wildman–Crippen LogP) is 4.31. The van der Waals surface area contributed by atoms with Gasteiger partial charge in [0, 0.05) is 30.9 Å². The summed E-state index contributed by atoms with van der Waals surface area (Å²) in [5.41, 5.74) is 3.37. The van der Waals surface area contributed by atoms with E-state index in [4.69, 9.17) is 0 Å². The Morgan fingerprint density at radius 2 is 1.72 bits per heavy atom. The molecule has 1 N–H and O–H groups in total. The summed E-state index contributed by atoms with van der Waals surface area (Å²) in [5, 5.41) is 10.0. The van der Waals surface area contributed by atoms with Crippen LogP contribution in [-0.4, -0.2) is 27.2 Å². The fraction of sp³-hybridized carbons (Fsp3) is 0.550. The van der Waals surface area contributed by atoms with E-state index >= 15 is 0 Å². The Kier molecular flexibility index (Phi) is 5.36. The van der Waals surface area contributed by atoms with Crippen LogP contribution in [0, 0.1) is 19.3 Å². The quantitative estimate of drug-likeness (QED) is 0.821. The average molecular weight is 409 g/mol. The van der Waals surface area contributed by atoms with Crippen molar-refractivity contribution in [3.8, 4) is 0 Å². The van der Waals surface area contributed by atoms with Crippen LogP contribution in [0.4, 0.5) is 24.5 Å². The molecule has 9 heteroatoms. The van der Waals surface area contributed by atoms with Crippen molar-refractivity contribution in [2.75, 3.05) is 16.8 Å². The number of fused-ring (bicyclic) bond motifs is 1. The van der Waals surface area contributed by atoms with Gasteiger partial charge in [0.05, 0.1) is 6.54 Å². The normalized spacial score (nSPS) is 14.7. The second-order valence-corrected chi connectivity index (χ2v) is 8.75. The summed E-state index contributed by atoms with van der Waals surface area (Å²) in [6, 6.07) is 3.88. The van der Waals surface area contributed by atoms with E-state index in [1.165, 1.54) is 0 Å². The lowest BCUT2D eigenvalue weighted by atomic mass is 9.92. The number of halogens is 3. The fourth-order valence-electron chi connectivity index (χ4n) is 3.57. The molecule has 0 bridgehead atoms. The van der Waals surface area contributed by atoms with Gasteiger partial charge in [0.2, 0.25) is 11.7 Å². The van der Waals surface area contributed by atoms with Crippen LogP contribution in [0.5, 0.6) is 0 Å². The summed E-state index contributed by atoms with van der Waals surface area (Å²) in [6.07, 6.45) is -4.09. The van der Waals surface area contributed by atoms with Gasteiger partial charge in [-0.15, -0.1) is 10.2 Å². The van der Waals surface area contributed by atoms with Crippen LogP contribution in [0.1, 0.15) is 50.0 Å². The Hall–Kier alpha value is -2.58. The fourth-order valence-corrected chi connectivity index (χ4v) is 3.57. The first-order valence-electron chi connectivity index (χ1n) is 9.50. The Bertz CT molecular complexity index is 904. The van der Waals surface area contributed by atoms with Crippen LogP contribution in [0.15, 0.2) is 12.1 Å². The maximum atomic E-state index is 13.0. The van der Waals surface area contributed by atoms with Gasteiger partial charge in [-0.05, 0) is 42.5 Å².